The summed E-state index contributed by atoms with van der Waals surface area (Å²) in [6, 6.07) is 2.12. The molecule has 0 fully saturated rings. The minimum absolute atomic E-state index is 0.180. The van der Waals surface area contributed by atoms with Gasteiger partial charge in [-0.1, -0.05) is 0 Å². The second-order valence-corrected chi connectivity index (χ2v) is 4.26. The highest BCUT2D eigenvalue weighted by molar-refractivity contribution is 7.10. The second-order valence-electron chi connectivity index (χ2n) is 3.26. The highest BCUT2D eigenvalue weighted by Gasteiger charge is 2.02. The molecule has 0 aromatic carbocycles. The van der Waals surface area contributed by atoms with E-state index in [0.29, 0.717) is 13.2 Å². The third-order valence-electron chi connectivity index (χ3n) is 2.07. The van der Waals surface area contributed by atoms with Crippen molar-refractivity contribution in [2.24, 2.45) is 0 Å². The average molecular weight is 227 g/mol. The van der Waals surface area contributed by atoms with Gasteiger partial charge in [0.2, 0.25) is 0 Å². The maximum Gasteiger partial charge on any atom is 0.319 e. The minimum atomic E-state index is -0.180. The predicted octanol–water partition coefficient (Wildman–Crippen LogP) is 1.75. The molecule has 0 saturated heterocycles. The van der Waals surface area contributed by atoms with E-state index in [1.807, 2.05) is 6.92 Å². The SMILES string of the molecule is CCOC(=O)CNCCc1sccc1C. The largest absolute Gasteiger partial charge is 0.465 e. The average Bonchev–Trinajstić information content (AvgIpc) is 2.60. The first kappa shape index (κ1) is 12.2. The van der Waals surface area contributed by atoms with Gasteiger partial charge in [-0.15, -0.1) is 11.3 Å². The summed E-state index contributed by atoms with van der Waals surface area (Å²) in [6.45, 7) is 5.49. The molecule has 15 heavy (non-hydrogen) atoms. The van der Waals surface area contributed by atoms with Gasteiger partial charge in [0, 0.05) is 11.4 Å². The standard InChI is InChI=1S/C11H17NO2S/c1-3-14-11(13)8-12-6-4-10-9(2)5-7-15-10/h5,7,12H,3-4,6,8H2,1-2H3. The van der Waals surface area contributed by atoms with Crippen LogP contribution in [0.15, 0.2) is 11.4 Å². The van der Waals surface area contributed by atoms with Gasteiger partial charge in [0.05, 0.1) is 13.2 Å². The Morgan fingerprint density at radius 2 is 2.40 bits per heavy atom. The molecule has 0 spiro atoms. The van der Waals surface area contributed by atoms with Gasteiger partial charge >= 0.3 is 5.97 Å². The number of carbonyl (C=O) groups is 1. The molecule has 1 rings (SSSR count). The molecule has 1 aromatic heterocycles. The Kier molecular flexibility index (Phi) is 5.36. The zero-order chi connectivity index (χ0) is 11.1. The van der Waals surface area contributed by atoms with Crippen molar-refractivity contribution in [1.82, 2.24) is 5.32 Å². The monoisotopic (exact) mass is 227 g/mol. The van der Waals surface area contributed by atoms with Gasteiger partial charge < -0.3 is 10.1 Å². The van der Waals surface area contributed by atoms with E-state index in [9.17, 15) is 4.79 Å². The molecule has 0 atom stereocenters. The van der Waals surface area contributed by atoms with Crippen LogP contribution in [-0.2, 0) is 16.0 Å². The normalized spacial score (nSPS) is 10.3. The van der Waals surface area contributed by atoms with Gasteiger partial charge in [0.25, 0.3) is 0 Å². The van der Waals surface area contributed by atoms with Crippen molar-refractivity contribution in [3.8, 4) is 0 Å². The summed E-state index contributed by atoms with van der Waals surface area (Å²) in [5.74, 6) is -0.180. The van der Waals surface area contributed by atoms with Gasteiger partial charge in [0.15, 0.2) is 0 Å². The number of ether oxygens (including phenoxy) is 1. The fourth-order valence-corrected chi connectivity index (χ4v) is 2.17. The Balaban J connectivity index is 2.12. The highest BCUT2D eigenvalue weighted by atomic mass is 32.1. The molecule has 0 radical (unpaired) electrons. The highest BCUT2D eigenvalue weighted by Crippen LogP contribution is 2.15. The van der Waals surface area contributed by atoms with Crippen molar-refractivity contribution >= 4 is 17.3 Å². The molecule has 1 N–H and O–H groups in total. The molecule has 1 heterocycles. The number of thiophene rings is 1. The van der Waals surface area contributed by atoms with Crippen LogP contribution in [0.2, 0.25) is 0 Å². The Labute approximate surface area is 94.5 Å². The number of carbonyl (C=O) groups excluding carboxylic acids is 1. The number of esters is 1. The van der Waals surface area contributed by atoms with E-state index < -0.39 is 0 Å². The molecule has 0 aliphatic carbocycles. The predicted molar refractivity (Wildman–Crippen MR) is 62.3 cm³/mol. The summed E-state index contributed by atoms with van der Waals surface area (Å²) >= 11 is 1.76. The molecular weight excluding hydrogens is 210 g/mol. The lowest BCUT2D eigenvalue weighted by molar-refractivity contribution is -0.141. The number of rotatable bonds is 6. The molecule has 0 aliphatic heterocycles. The first-order chi connectivity index (χ1) is 7.24. The molecule has 0 unspecified atom stereocenters. The van der Waals surface area contributed by atoms with E-state index in [1.54, 1.807) is 11.3 Å². The van der Waals surface area contributed by atoms with Crippen LogP contribution in [0, 0.1) is 6.92 Å². The van der Waals surface area contributed by atoms with E-state index >= 15 is 0 Å². The third kappa shape index (κ3) is 4.44. The van der Waals surface area contributed by atoms with Crippen LogP contribution in [0.3, 0.4) is 0 Å². The number of aryl methyl sites for hydroxylation is 1. The maximum atomic E-state index is 11.0. The van der Waals surface area contributed by atoms with Crippen LogP contribution in [-0.4, -0.2) is 25.7 Å². The van der Waals surface area contributed by atoms with Crippen LogP contribution in [0.1, 0.15) is 17.4 Å². The van der Waals surface area contributed by atoms with E-state index in [-0.39, 0.29) is 5.97 Å². The van der Waals surface area contributed by atoms with Crippen molar-refractivity contribution in [1.29, 1.82) is 0 Å². The molecule has 0 amide bonds. The van der Waals surface area contributed by atoms with Crippen molar-refractivity contribution in [2.75, 3.05) is 19.7 Å². The zero-order valence-electron chi connectivity index (χ0n) is 9.21. The molecule has 0 bridgehead atoms. The van der Waals surface area contributed by atoms with Crippen molar-refractivity contribution < 1.29 is 9.53 Å². The van der Waals surface area contributed by atoms with Crippen LogP contribution < -0.4 is 5.32 Å². The molecule has 0 saturated carbocycles. The lowest BCUT2D eigenvalue weighted by Crippen LogP contribution is -2.26. The summed E-state index contributed by atoms with van der Waals surface area (Å²) in [5, 5.41) is 5.16. The lowest BCUT2D eigenvalue weighted by Gasteiger charge is -2.04. The Morgan fingerprint density at radius 1 is 1.60 bits per heavy atom. The summed E-state index contributed by atoms with van der Waals surface area (Å²) < 4.78 is 4.80. The fourth-order valence-electron chi connectivity index (χ4n) is 1.26. The summed E-state index contributed by atoms with van der Waals surface area (Å²) in [6.07, 6.45) is 0.975. The molecule has 0 aliphatic rings. The quantitative estimate of drug-likeness (QED) is 0.594. The summed E-state index contributed by atoms with van der Waals surface area (Å²) in [4.78, 5) is 12.4. The van der Waals surface area contributed by atoms with Crippen molar-refractivity contribution in [3.63, 3.8) is 0 Å². The number of nitrogens with one attached hydrogen (secondary N) is 1. The van der Waals surface area contributed by atoms with Crippen molar-refractivity contribution in [3.05, 3.63) is 21.9 Å². The summed E-state index contributed by atoms with van der Waals surface area (Å²) in [5.41, 5.74) is 1.33. The van der Waals surface area contributed by atoms with E-state index in [1.165, 1.54) is 10.4 Å². The topological polar surface area (TPSA) is 38.3 Å². The van der Waals surface area contributed by atoms with E-state index in [4.69, 9.17) is 4.74 Å². The van der Waals surface area contributed by atoms with Gasteiger partial charge in [-0.2, -0.15) is 0 Å². The van der Waals surface area contributed by atoms with Crippen LogP contribution >= 0.6 is 11.3 Å². The zero-order valence-corrected chi connectivity index (χ0v) is 10.0. The van der Waals surface area contributed by atoms with Crippen LogP contribution in [0.25, 0.3) is 0 Å². The number of hydrogen-bond acceptors (Lipinski definition) is 4. The minimum Gasteiger partial charge on any atom is -0.465 e. The summed E-state index contributed by atoms with van der Waals surface area (Å²) in [7, 11) is 0. The van der Waals surface area contributed by atoms with Crippen molar-refractivity contribution in [2.45, 2.75) is 20.3 Å². The molecule has 1 aromatic rings. The smallest absolute Gasteiger partial charge is 0.319 e. The Hall–Kier alpha value is -0.870. The molecular formula is C11H17NO2S. The second kappa shape index (κ2) is 6.58. The third-order valence-corrected chi connectivity index (χ3v) is 3.15. The van der Waals surface area contributed by atoms with Crippen LogP contribution in [0.5, 0.6) is 0 Å². The number of hydrogen-bond donors (Lipinski definition) is 1. The molecule has 84 valence electrons. The molecule has 4 heteroatoms. The first-order valence-electron chi connectivity index (χ1n) is 5.13. The van der Waals surface area contributed by atoms with E-state index in [0.717, 1.165) is 13.0 Å². The van der Waals surface area contributed by atoms with Crippen LogP contribution in [0.4, 0.5) is 0 Å². The van der Waals surface area contributed by atoms with E-state index in [2.05, 4.69) is 23.7 Å². The molecule has 3 nitrogen and oxygen atoms in total. The van der Waals surface area contributed by atoms with Gasteiger partial charge in [-0.3, -0.25) is 4.79 Å². The lowest BCUT2D eigenvalue weighted by atomic mass is 10.2. The fraction of sp³-hybridized carbons (Fsp3) is 0.545. The first-order valence-corrected chi connectivity index (χ1v) is 6.01. The Bertz CT molecular complexity index is 309. The maximum absolute atomic E-state index is 11.0. The van der Waals surface area contributed by atoms with Gasteiger partial charge in [-0.05, 0) is 37.3 Å². The Morgan fingerprint density at radius 3 is 3.00 bits per heavy atom. The van der Waals surface area contributed by atoms with Gasteiger partial charge in [0.1, 0.15) is 0 Å². The van der Waals surface area contributed by atoms with Gasteiger partial charge in [-0.25, -0.2) is 0 Å².